The van der Waals surface area contributed by atoms with Gasteiger partial charge in [-0.3, -0.25) is 9.69 Å². The molecule has 21 heavy (non-hydrogen) atoms. The molecule has 2 rings (SSSR count). The number of imide groups is 1. The molecule has 1 N–H and O–H groups in total. The molecule has 4 nitrogen and oxygen atoms in total. The van der Waals surface area contributed by atoms with E-state index in [4.69, 9.17) is 0 Å². The first-order chi connectivity index (χ1) is 10.0. The van der Waals surface area contributed by atoms with E-state index in [0.717, 1.165) is 50.7 Å². The first-order valence-electron chi connectivity index (χ1n) is 8.29. The molecule has 0 bridgehead atoms. The van der Waals surface area contributed by atoms with Crippen LogP contribution >= 0.6 is 12.6 Å². The Morgan fingerprint density at radius 2 is 1.76 bits per heavy atom. The number of unbranched alkanes of at least 4 members (excludes halogenated alkanes) is 3. The molecule has 2 fully saturated rings. The average molecular weight is 312 g/mol. The molecule has 0 aromatic rings. The monoisotopic (exact) mass is 312 g/mol. The summed E-state index contributed by atoms with van der Waals surface area (Å²) in [5, 5.41) is 3.05. The standard InChI is InChI=1S/C16H28N2O2S/c1-12-8-7-9-13(2)16(12)14(19)18(15(20)17-16)10-5-3-4-6-11-21/h12-13,21H,3-11H2,1-2H3,(H,17,20). The normalized spacial score (nSPS) is 32.8. The Hall–Kier alpha value is -0.710. The third kappa shape index (κ3) is 3.08. The maximum Gasteiger partial charge on any atom is 0.325 e. The Balaban J connectivity index is 1.99. The number of carbonyl (C=O) groups excluding carboxylic acids is 2. The van der Waals surface area contributed by atoms with Crippen LogP contribution in [0.4, 0.5) is 4.79 Å². The van der Waals surface area contributed by atoms with E-state index >= 15 is 0 Å². The SMILES string of the molecule is CC1CCCC(C)C12NC(=O)N(CCCCCCS)C2=O. The smallest absolute Gasteiger partial charge is 0.323 e. The van der Waals surface area contributed by atoms with Crippen molar-refractivity contribution >= 4 is 24.6 Å². The Morgan fingerprint density at radius 1 is 1.14 bits per heavy atom. The van der Waals surface area contributed by atoms with Crippen LogP contribution in [0, 0.1) is 11.8 Å². The average Bonchev–Trinajstić information content (AvgIpc) is 2.70. The number of carbonyl (C=O) groups is 2. The second-order valence-electron chi connectivity index (χ2n) is 6.63. The molecular formula is C16H28N2O2S. The summed E-state index contributed by atoms with van der Waals surface area (Å²) >= 11 is 4.19. The van der Waals surface area contributed by atoms with E-state index in [1.165, 1.54) is 4.90 Å². The predicted octanol–water partition coefficient (Wildman–Crippen LogP) is 3.22. The molecular weight excluding hydrogens is 284 g/mol. The fraction of sp³-hybridized carbons (Fsp3) is 0.875. The van der Waals surface area contributed by atoms with E-state index < -0.39 is 5.54 Å². The highest BCUT2D eigenvalue weighted by molar-refractivity contribution is 7.80. The molecule has 0 radical (unpaired) electrons. The number of amides is 3. The van der Waals surface area contributed by atoms with Crippen molar-refractivity contribution in [3.63, 3.8) is 0 Å². The molecule has 2 aliphatic rings. The van der Waals surface area contributed by atoms with Gasteiger partial charge >= 0.3 is 6.03 Å². The first kappa shape index (κ1) is 16.7. The van der Waals surface area contributed by atoms with Crippen molar-refractivity contribution in [1.29, 1.82) is 0 Å². The van der Waals surface area contributed by atoms with Crippen LogP contribution in [0.15, 0.2) is 0 Å². The van der Waals surface area contributed by atoms with Crippen molar-refractivity contribution in [2.75, 3.05) is 12.3 Å². The van der Waals surface area contributed by atoms with E-state index in [1.54, 1.807) is 0 Å². The van der Waals surface area contributed by atoms with Gasteiger partial charge in [-0.25, -0.2) is 4.79 Å². The van der Waals surface area contributed by atoms with Gasteiger partial charge in [-0.15, -0.1) is 0 Å². The van der Waals surface area contributed by atoms with Gasteiger partial charge in [0, 0.05) is 6.54 Å². The lowest BCUT2D eigenvalue weighted by Crippen LogP contribution is -2.58. The predicted molar refractivity (Wildman–Crippen MR) is 87.5 cm³/mol. The van der Waals surface area contributed by atoms with Gasteiger partial charge in [0.1, 0.15) is 5.54 Å². The van der Waals surface area contributed by atoms with Crippen LogP contribution in [0.3, 0.4) is 0 Å². The molecule has 1 saturated carbocycles. The lowest BCUT2D eigenvalue weighted by molar-refractivity contribution is -0.136. The Kier molecular flexibility index (Phi) is 5.58. The van der Waals surface area contributed by atoms with Crippen LogP contribution in [0.1, 0.15) is 58.8 Å². The van der Waals surface area contributed by atoms with E-state index in [-0.39, 0.29) is 23.8 Å². The topological polar surface area (TPSA) is 49.4 Å². The number of nitrogens with zero attached hydrogens (tertiary/aromatic N) is 1. The number of nitrogens with one attached hydrogen (secondary N) is 1. The number of hydrogen-bond acceptors (Lipinski definition) is 3. The Labute approximate surface area is 133 Å². The molecule has 0 aromatic carbocycles. The van der Waals surface area contributed by atoms with Gasteiger partial charge in [-0.2, -0.15) is 12.6 Å². The van der Waals surface area contributed by atoms with E-state index in [2.05, 4.69) is 31.8 Å². The van der Waals surface area contributed by atoms with Crippen molar-refractivity contribution in [2.45, 2.75) is 64.3 Å². The summed E-state index contributed by atoms with van der Waals surface area (Å²) in [6, 6.07) is -0.185. The Morgan fingerprint density at radius 3 is 2.38 bits per heavy atom. The third-order valence-corrected chi connectivity index (χ3v) is 5.59. The summed E-state index contributed by atoms with van der Waals surface area (Å²) in [6.45, 7) is 4.76. The largest absolute Gasteiger partial charge is 0.325 e. The zero-order chi connectivity index (χ0) is 15.5. The maximum absolute atomic E-state index is 12.9. The minimum absolute atomic E-state index is 0.0152. The van der Waals surface area contributed by atoms with Crippen LogP contribution in [-0.4, -0.2) is 34.7 Å². The highest BCUT2D eigenvalue weighted by Crippen LogP contribution is 2.42. The fourth-order valence-electron chi connectivity index (χ4n) is 3.89. The van der Waals surface area contributed by atoms with Crippen LogP contribution in [-0.2, 0) is 4.79 Å². The van der Waals surface area contributed by atoms with Crippen LogP contribution in [0.5, 0.6) is 0 Å². The molecule has 1 spiro atoms. The second kappa shape index (κ2) is 7.03. The molecule has 1 aliphatic heterocycles. The molecule has 2 atom stereocenters. The lowest BCUT2D eigenvalue weighted by atomic mass is 9.67. The van der Waals surface area contributed by atoms with Crippen molar-refractivity contribution in [1.82, 2.24) is 10.2 Å². The van der Waals surface area contributed by atoms with Gasteiger partial charge in [-0.05, 0) is 43.3 Å². The summed E-state index contributed by atoms with van der Waals surface area (Å²) in [6.07, 6.45) is 7.35. The fourth-order valence-corrected chi connectivity index (χ4v) is 4.11. The molecule has 3 amide bonds. The van der Waals surface area contributed by atoms with Gasteiger partial charge in [0.05, 0.1) is 0 Å². The van der Waals surface area contributed by atoms with Gasteiger partial charge in [0.2, 0.25) is 0 Å². The molecule has 1 aliphatic carbocycles. The lowest BCUT2D eigenvalue weighted by Gasteiger charge is -2.42. The van der Waals surface area contributed by atoms with E-state index in [1.807, 2.05) is 0 Å². The molecule has 1 heterocycles. The van der Waals surface area contributed by atoms with Gasteiger partial charge in [-0.1, -0.05) is 33.1 Å². The highest BCUT2D eigenvalue weighted by Gasteiger charge is 2.57. The van der Waals surface area contributed by atoms with Crippen LogP contribution in [0.2, 0.25) is 0 Å². The zero-order valence-corrected chi connectivity index (χ0v) is 14.1. The van der Waals surface area contributed by atoms with Gasteiger partial charge < -0.3 is 5.32 Å². The van der Waals surface area contributed by atoms with Crippen molar-refractivity contribution in [2.24, 2.45) is 11.8 Å². The van der Waals surface area contributed by atoms with Gasteiger partial charge in [0.15, 0.2) is 0 Å². The third-order valence-electron chi connectivity index (χ3n) is 5.28. The van der Waals surface area contributed by atoms with E-state index in [9.17, 15) is 9.59 Å². The molecule has 1 saturated heterocycles. The van der Waals surface area contributed by atoms with Crippen molar-refractivity contribution in [3.8, 4) is 0 Å². The van der Waals surface area contributed by atoms with Crippen LogP contribution in [0.25, 0.3) is 0 Å². The minimum Gasteiger partial charge on any atom is -0.323 e. The molecule has 5 heteroatoms. The summed E-state index contributed by atoms with van der Waals surface area (Å²) in [5.41, 5.74) is -0.638. The quantitative estimate of drug-likeness (QED) is 0.449. The molecule has 120 valence electrons. The minimum atomic E-state index is -0.638. The Bertz CT molecular complexity index is 390. The summed E-state index contributed by atoms with van der Waals surface area (Å²) in [4.78, 5) is 26.6. The maximum atomic E-state index is 12.9. The number of rotatable bonds is 6. The zero-order valence-electron chi connectivity index (χ0n) is 13.2. The second-order valence-corrected chi connectivity index (χ2v) is 7.07. The summed E-state index contributed by atoms with van der Waals surface area (Å²) in [7, 11) is 0. The van der Waals surface area contributed by atoms with E-state index in [0.29, 0.717) is 6.54 Å². The molecule has 0 aromatic heterocycles. The molecule has 2 unspecified atom stereocenters. The van der Waals surface area contributed by atoms with Gasteiger partial charge in [0.25, 0.3) is 5.91 Å². The van der Waals surface area contributed by atoms with Crippen LogP contribution < -0.4 is 5.32 Å². The number of thiol groups is 1. The summed E-state index contributed by atoms with van der Waals surface area (Å²) in [5.74, 6) is 1.38. The number of urea groups is 1. The first-order valence-corrected chi connectivity index (χ1v) is 8.92. The van der Waals surface area contributed by atoms with Crippen molar-refractivity contribution in [3.05, 3.63) is 0 Å². The summed E-state index contributed by atoms with van der Waals surface area (Å²) < 4.78 is 0. The van der Waals surface area contributed by atoms with Crippen molar-refractivity contribution < 1.29 is 9.59 Å². The highest BCUT2D eigenvalue weighted by atomic mass is 32.1. The number of hydrogen-bond donors (Lipinski definition) is 2.